The number of carbonyl (C=O) groups is 1. The first-order valence-corrected chi connectivity index (χ1v) is 7.72. The molecule has 1 aromatic carbocycles. The lowest BCUT2D eigenvalue weighted by Gasteiger charge is -2.28. The van der Waals surface area contributed by atoms with E-state index in [-0.39, 0.29) is 24.3 Å². The third-order valence-corrected chi connectivity index (χ3v) is 3.80. The third-order valence-electron chi connectivity index (χ3n) is 3.80. The van der Waals surface area contributed by atoms with Crippen molar-refractivity contribution in [2.24, 2.45) is 0 Å². The van der Waals surface area contributed by atoms with E-state index in [1.54, 1.807) is 4.90 Å². The van der Waals surface area contributed by atoms with Crippen LogP contribution in [-0.2, 0) is 11.0 Å². The molecule has 2 rings (SSSR count). The molecule has 1 amide bonds. The zero-order chi connectivity index (χ0) is 16.9. The Labute approximate surface area is 133 Å². The molecule has 23 heavy (non-hydrogen) atoms. The molecule has 0 aromatic heterocycles. The van der Waals surface area contributed by atoms with Gasteiger partial charge in [0.1, 0.15) is 5.75 Å². The number of nitrogens with zero attached hydrogens (tertiary/aromatic N) is 1. The van der Waals surface area contributed by atoms with Crippen molar-refractivity contribution in [3.8, 4) is 5.75 Å². The minimum Gasteiger partial charge on any atom is -0.484 e. The number of rotatable bonds is 6. The summed E-state index contributed by atoms with van der Waals surface area (Å²) in [5.74, 6) is 0.118. The summed E-state index contributed by atoms with van der Waals surface area (Å²) in [6.45, 7) is 4.15. The van der Waals surface area contributed by atoms with Gasteiger partial charge in [-0.25, -0.2) is 0 Å². The molecule has 1 unspecified atom stereocenters. The van der Waals surface area contributed by atoms with Crippen molar-refractivity contribution < 1.29 is 22.7 Å². The van der Waals surface area contributed by atoms with Crippen LogP contribution in [0.4, 0.5) is 13.2 Å². The zero-order valence-corrected chi connectivity index (χ0v) is 13.0. The second-order valence-corrected chi connectivity index (χ2v) is 5.54. The summed E-state index contributed by atoms with van der Waals surface area (Å²) in [7, 11) is 0. The first-order chi connectivity index (χ1) is 10.9. The van der Waals surface area contributed by atoms with E-state index < -0.39 is 11.7 Å². The summed E-state index contributed by atoms with van der Waals surface area (Å²) in [6.07, 6.45) is -2.61. The number of benzene rings is 1. The Bertz CT molecular complexity index is 511. The largest absolute Gasteiger partial charge is 0.484 e. The number of carbonyl (C=O) groups excluding carboxylic acids is 1. The predicted molar refractivity (Wildman–Crippen MR) is 80.2 cm³/mol. The predicted octanol–water partition coefficient (Wildman–Crippen LogP) is 2.68. The Morgan fingerprint density at radius 1 is 1.35 bits per heavy atom. The van der Waals surface area contributed by atoms with E-state index in [0.29, 0.717) is 6.54 Å². The van der Waals surface area contributed by atoms with Gasteiger partial charge < -0.3 is 15.0 Å². The molecule has 1 atom stereocenters. The van der Waals surface area contributed by atoms with Crippen LogP contribution in [-0.4, -0.2) is 43.1 Å². The van der Waals surface area contributed by atoms with Crippen LogP contribution in [0.5, 0.6) is 5.75 Å². The van der Waals surface area contributed by atoms with Crippen molar-refractivity contribution in [2.45, 2.75) is 32.0 Å². The first kappa shape index (κ1) is 17.6. The van der Waals surface area contributed by atoms with Gasteiger partial charge >= 0.3 is 6.18 Å². The summed E-state index contributed by atoms with van der Waals surface area (Å²) in [5.41, 5.74) is -0.735. The minimum atomic E-state index is -4.37. The van der Waals surface area contributed by atoms with E-state index in [0.717, 1.165) is 38.1 Å². The fourth-order valence-electron chi connectivity index (χ4n) is 2.63. The number of alkyl halides is 3. The van der Waals surface area contributed by atoms with Gasteiger partial charge in [-0.1, -0.05) is 6.92 Å². The van der Waals surface area contributed by atoms with Gasteiger partial charge in [-0.15, -0.1) is 0 Å². The average Bonchev–Trinajstić information content (AvgIpc) is 3.04. The SMILES string of the molecule is CCCN(C(=O)COc1ccc(C(F)(F)F)cc1)C1CCNC1. The van der Waals surface area contributed by atoms with E-state index in [4.69, 9.17) is 4.74 Å². The maximum atomic E-state index is 12.5. The molecule has 0 radical (unpaired) electrons. The van der Waals surface area contributed by atoms with Crippen LogP contribution in [0.1, 0.15) is 25.3 Å². The summed E-state index contributed by atoms with van der Waals surface area (Å²) >= 11 is 0. The number of nitrogens with one attached hydrogen (secondary N) is 1. The van der Waals surface area contributed by atoms with E-state index >= 15 is 0 Å². The topological polar surface area (TPSA) is 41.6 Å². The van der Waals surface area contributed by atoms with Gasteiger partial charge in [-0.05, 0) is 43.7 Å². The van der Waals surface area contributed by atoms with Crippen molar-refractivity contribution in [1.29, 1.82) is 0 Å². The van der Waals surface area contributed by atoms with Crippen molar-refractivity contribution in [1.82, 2.24) is 10.2 Å². The van der Waals surface area contributed by atoms with Gasteiger partial charge in [0.2, 0.25) is 0 Å². The summed E-state index contributed by atoms with van der Waals surface area (Å²) in [6, 6.07) is 4.53. The Morgan fingerprint density at radius 2 is 2.04 bits per heavy atom. The van der Waals surface area contributed by atoms with E-state index in [9.17, 15) is 18.0 Å². The molecule has 4 nitrogen and oxygen atoms in total. The Hall–Kier alpha value is -1.76. The highest BCUT2D eigenvalue weighted by Gasteiger charge is 2.30. The molecule has 1 heterocycles. The molecule has 1 aromatic rings. The van der Waals surface area contributed by atoms with Crippen LogP contribution in [0.2, 0.25) is 0 Å². The van der Waals surface area contributed by atoms with Gasteiger partial charge in [0.05, 0.1) is 5.56 Å². The highest BCUT2D eigenvalue weighted by Crippen LogP contribution is 2.30. The maximum Gasteiger partial charge on any atom is 0.416 e. The molecule has 1 fully saturated rings. The van der Waals surface area contributed by atoms with Crippen LogP contribution >= 0.6 is 0 Å². The highest BCUT2D eigenvalue weighted by molar-refractivity contribution is 5.78. The molecule has 0 bridgehead atoms. The van der Waals surface area contributed by atoms with Crippen LogP contribution in [0, 0.1) is 0 Å². The monoisotopic (exact) mass is 330 g/mol. The fraction of sp³-hybridized carbons (Fsp3) is 0.562. The Balaban J connectivity index is 1.91. The van der Waals surface area contributed by atoms with E-state index in [2.05, 4.69) is 5.32 Å². The van der Waals surface area contributed by atoms with E-state index in [1.165, 1.54) is 12.1 Å². The summed E-state index contributed by atoms with van der Waals surface area (Å²) in [4.78, 5) is 14.1. The van der Waals surface area contributed by atoms with Gasteiger partial charge in [0.15, 0.2) is 6.61 Å². The molecule has 1 saturated heterocycles. The quantitative estimate of drug-likeness (QED) is 0.872. The third kappa shape index (κ3) is 4.86. The molecule has 0 saturated carbocycles. The van der Waals surface area contributed by atoms with Gasteiger partial charge in [0.25, 0.3) is 5.91 Å². The molecular formula is C16H21F3N2O2. The molecule has 1 aliphatic heterocycles. The normalized spacial score (nSPS) is 18.0. The van der Waals surface area contributed by atoms with Gasteiger partial charge in [-0.3, -0.25) is 4.79 Å². The molecule has 0 spiro atoms. The first-order valence-electron chi connectivity index (χ1n) is 7.72. The molecule has 128 valence electrons. The second-order valence-electron chi connectivity index (χ2n) is 5.54. The number of hydrogen-bond donors (Lipinski definition) is 1. The summed E-state index contributed by atoms with van der Waals surface area (Å²) in [5, 5.41) is 3.22. The van der Waals surface area contributed by atoms with Gasteiger partial charge in [-0.2, -0.15) is 13.2 Å². The van der Waals surface area contributed by atoms with Crippen molar-refractivity contribution >= 4 is 5.91 Å². The molecule has 7 heteroatoms. The Morgan fingerprint density at radius 3 is 2.57 bits per heavy atom. The van der Waals surface area contributed by atoms with Crippen molar-refractivity contribution in [3.05, 3.63) is 29.8 Å². The smallest absolute Gasteiger partial charge is 0.416 e. The van der Waals surface area contributed by atoms with E-state index in [1.807, 2.05) is 6.92 Å². The standard InChI is InChI=1S/C16H21F3N2O2/c1-2-9-21(13-7-8-20-10-13)15(22)11-23-14-5-3-12(4-6-14)16(17,18)19/h3-6,13,20H,2,7-11H2,1H3. The lowest BCUT2D eigenvalue weighted by molar-refractivity contribution is -0.138. The maximum absolute atomic E-state index is 12.5. The molecule has 0 aliphatic carbocycles. The number of hydrogen-bond acceptors (Lipinski definition) is 3. The highest BCUT2D eigenvalue weighted by atomic mass is 19.4. The van der Waals surface area contributed by atoms with Gasteiger partial charge in [0, 0.05) is 19.1 Å². The number of amides is 1. The fourth-order valence-corrected chi connectivity index (χ4v) is 2.63. The van der Waals surface area contributed by atoms with Crippen molar-refractivity contribution in [3.63, 3.8) is 0 Å². The molecular weight excluding hydrogens is 309 g/mol. The van der Waals surface area contributed by atoms with Crippen LogP contribution in [0.25, 0.3) is 0 Å². The lowest BCUT2D eigenvalue weighted by Crippen LogP contribution is -2.44. The number of halogens is 3. The molecule has 1 aliphatic rings. The van der Waals surface area contributed by atoms with Crippen LogP contribution in [0.15, 0.2) is 24.3 Å². The Kier molecular flexibility index (Phi) is 5.87. The van der Waals surface area contributed by atoms with Crippen LogP contribution < -0.4 is 10.1 Å². The summed E-state index contributed by atoms with van der Waals surface area (Å²) < 4.78 is 42.8. The second kappa shape index (κ2) is 7.68. The average molecular weight is 330 g/mol. The number of ether oxygens (including phenoxy) is 1. The van der Waals surface area contributed by atoms with Crippen LogP contribution in [0.3, 0.4) is 0 Å². The zero-order valence-electron chi connectivity index (χ0n) is 13.0. The minimum absolute atomic E-state index is 0.138. The lowest BCUT2D eigenvalue weighted by atomic mass is 10.2. The molecule has 1 N–H and O–H groups in total. The van der Waals surface area contributed by atoms with Crippen molar-refractivity contribution in [2.75, 3.05) is 26.2 Å².